The third-order valence-electron chi connectivity index (χ3n) is 2.90. The monoisotopic (exact) mass is 282 g/mol. The van der Waals surface area contributed by atoms with Gasteiger partial charge in [0.1, 0.15) is 6.04 Å². The summed E-state index contributed by atoms with van der Waals surface area (Å²) in [4.78, 5) is 15.9. The molecule has 0 saturated heterocycles. The molecule has 108 valence electrons. The van der Waals surface area contributed by atoms with E-state index in [-0.39, 0.29) is 11.9 Å². The molecule has 0 spiro atoms. The number of amides is 1. The Morgan fingerprint density at radius 3 is 2.71 bits per heavy atom. The van der Waals surface area contributed by atoms with Gasteiger partial charge in [0.2, 0.25) is 0 Å². The second-order valence-corrected chi connectivity index (χ2v) is 4.75. The summed E-state index contributed by atoms with van der Waals surface area (Å²) in [5.74, 6) is -0.198. The minimum atomic E-state index is -0.376. The molecule has 1 aromatic carbocycles. The fourth-order valence-corrected chi connectivity index (χ4v) is 1.68. The van der Waals surface area contributed by atoms with Gasteiger partial charge in [-0.05, 0) is 32.0 Å². The first-order chi connectivity index (χ1) is 10.1. The molecule has 5 heteroatoms. The average Bonchev–Trinajstić information content (AvgIpc) is 2.50. The van der Waals surface area contributed by atoms with Crippen LogP contribution in [0, 0.1) is 6.92 Å². The van der Waals surface area contributed by atoms with Crippen molar-refractivity contribution in [3.05, 3.63) is 59.9 Å². The van der Waals surface area contributed by atoms with Crippen LogP contribution >= 0.6 is 0 Å². The van der Waals surface area contributed by atoms with E-state index in [9.17, 15) is 4.79 Å². The molecule has 0 aliphatic carbocycles. The molecule has 2 aromatic rings. The molecule has 0 aliphatic rings. The van der Waals surface area contributed by atoms with Crippen LogP contribution in [-0.4, -0.2) is 23.1 Å². The molecule has 1 unspecified atom stereocenters. The fourth-order valence-electron chi connectivity index (χ4n) is 1.68. The van der Waals surface area contributed by atoms with Crippen LogP contribution in [0.1, 0.15) is 18.1 Å². The van der Waals surface area contributed by atoms with Crippen LogP contribution in [0.2, 0.25) is 0 Å². The SMILES string of the molecule is Cc1ccc(NC(C)C(=O)NN=Cc2cccnc2)cc1. The maximum atomic E-state index is 11.9. The number of pyridine rings is 1. The summed E-state index contributed by atoms with van der Waals surface area (Å²) >= 11 is 0. The molecule has 21 heavy (non-hydrogen) atoms. The van der Waals surface area contributed by atoms with Gasteiger partial charge in [0.25, 0.3) is 5.91 Å². The highest BCUT2D eigenvalue weighted by molar-refractivity contribution is 5.86. The first-order valence-electron chi connectivity index (χ1n) is 6.71. The molecule has 1 heterocycles. The van der Waals surface area contributed by atoms with Gasteiger partial charge in [-0.15, -0.1) is 0 Å². The van der Waals surface area contributed by atoms with E-state index in [1.807, 2.05) is 43.3 Å². The van der Waals surface area contributed by atoms with E-state index < -0.39 is 0 Å². The van der Waals surface area contributed by atoms with Gasteiger partial charge in [0.05, 0.1) is 6.21 Å². The first kappa shape index (κ1) is 14.7. The number of aryl methyl sites for hydroxylation is 1. The maximum absolute atomic E-state index is 11.9. The van der Waals surface area contributed by atoms with Crippen molar-refractivity contribution in [2.75, 3.05) is 5.32 Å². The zero-order valence-corrected chi connectivity index (χ0v) is 12.1. The molecule has 2 N–H and O–H groups in total. The summed E-state index contributed by atoms with van der Waals surface area (Å²) in [6.45, 7) is 3.81. The Labute approximate surface area is 124 Å². The normalized spacial score (nSPS) is 12.1. The van der Waals surface area contributed by atoms with Crippen molar-refractivity contribution >= 4 is 17.8 Å². The van der Waals surface area contributed by atoms with Crippen LogP contribution in [0.15, 0.2) is 53.9 Å². The Morgan fingerprint density at radius 1 is 1.29 bits per heavy atom. The number of nitrogens with one attached hydrogen (secondary N) is 2. The first-order valence-corrected chi connectivity index (χ1v) is 6.71. The number of aromatic nitrogens is 1. The molecular weight excluding hydrogens is 264 g/mol. The standard InChI is InChI=1S/C16H18N4O/c1-12-5-7-15(8-6-12)19-13(2)16(21)20-18-11-14-4-3-9-17-10-14/h3-11,13,19H,1-2H3,(H,20,21). The van der Waals surface area contributed by atoms with Crippen molar-refractivity contribution in [2.45, 2.75) is 19.9 Å². The minimum Gasteiger partial charge on any atom is -0.374 e. The second-order valence-electron chi connectivity index (χ2n) is 4.75. The summed E-state index contributed by atoms with van der Waals surface area (Å²) in [5, 5.41) is 7.03. The Kier molecular flexibility index (Phi) is 5.04. The van der Waals surface area contributed by atoms with E-state index in [0.717, 1.165) is 11.3 Å². The fraction of sp³-hybridized carbons (Fsp3) is 0.188. The smallest absolute Gasteiger partial charge is 0.262 e. The molecule has 5 nitrogen and oxygen atoms in total. The van der Waals surface area contributed by atoms with Crippen molar-refractivity contribution in [1.29, 1.82) is 0 Å². The molecular formula is C16H18N4O. The summed E-state index contributed by atoms with van der Waals surface area (Å²) in [7, 11) is 0. The Balaban J connectivity index is 1.85. The van der Waals surface area contributed by atoms with Gasteiger partial charge in [0, 0.05) is 23.6 Å². The molecule has 1 aromatic heterocycles. The number of anilines is 1. The Bertz CT molecular complexity index is 608. The van der Waals surface area contributed by atoms with Gasteiger partial charge in [-0.1, -0.05) is 23.8 Å². The third kappa shape index (κ3) is 4.72. The lowest BCUT2D eigenvalue weighted by Gasteiger charge is -2.13. The Hall–Kier alpha value is -2.69. The quantitative estimate of drug-likeness (QED) is 0.653. The topological polar surface area (TPSA) is 66.4 Å². The molecule has 1 amide bonds. The lowest BCUT2D eigenvalue weighted by atomic mass is 10.2. The highest BCUT2D eigenvalue weighted by atomic mass is 16.2. The van der Waals surface area contributed by atoms with Crippen molar-refractivity contribution in [1.82, 2.24) is 10.4 Å². The van der Waals surface area contributed by atoms with Crippen molar-refractivity contribution in [2.24, 2.45) is 5.10 Å². The Morgan fingerprint density at radius 2 is 2.05 bits per heavy atom. The second kappa shape index (κ2) is 7.19. The van der Waals surface area contributed by atoms with Crippen LogP contribution < -0.4 is 10.7 Å². The molecule has 1 atom stereocenters. The number of benzene rings is 1. The van der Waals surface area contributed by atoms with Gasteiger partial charge in [-0.25, -0.2) is 5.43 Å². The number of rotatable bonds is 5. The summed E-state index contributed by atoms with van der Waals surface area (Å²) in [6.07, 6.45) is 4.91. The molecule has 0 fully saturated rings. The number of hydrogen-bond donors (Lipinski definition) is 2. The summed E-state index contributed by atoms with van der Waals surface area (Å²) < 4.78 is 0. The summed E-state index contributed by atoms with van der Waals surface area (Å²) in [5.41, 5.74) is 5.41. The number of nitrogens with zero attached hydrogens (tertiary/aromatic N) is 2. The molecule has 0 saturated carbocycles. The number of hydrazone groups is 1. The lowest BCUT2D eigenvalue weighted by Crippen LogP contribution is -2.34. The maximum Gasteiger partial charge on any atom is 0.262 e. The van der Waals surface area contributed by atoms with Crippen LogP contribution in [0.25, 0.3) is 0 Å². The van der Waals surface area contributed by atoms with Crippen LogP contribution in [0.5, 0.6) is 0 Å². The highest BCUT2D eigenvalue weighted by Gasteiger charge is 2.11. The van der Waals surface area contributed by atoms with Gasteiger partial charge in [-0.2, -0.15) is 5.10 Å². The predicted molar refractivity (Wildman–Crippen MR) is 84.2 cm³/mol. The van der Waals surface area contributed by atoms with Crippen molar-refractivity contribution in [3.63, 3.8) is 0 Å². The van der Waals surface area contributed by atoms with Crippen molar-refractivity contribution in [3.8, 4) is 0 Å². The number of carbonyl (C=O) groups is 1. The largest absolute Gasteiger partial charge is 0.374 e. The van der Waals surface area contributed by atoms with Crippen LogP contribution in [0.4, 0.5) is 5.69 Å². The lowest BCUT2D eigenvalue weighted by molar-refractivity contribution is -0.121. The van der Waals surface area contributed by atoms with Crippen molar-refractivity contribution < 1.29 is 4.79 Å². The minimum absolute atomic E-state index is 0.198. The predicted octanol–water partition coefficient (Wildman–Crippen LogP) is 2.34. The highest BCUT2D eigenvalue weighted by Crippen LogP contribution is 2.09. The van der Waals surface area contributed by atoms with E-state index >= 15 is 0 Å². The number of carbonyl (C=O) groups excluding carboxylic acids is 1. The van der Waals surface area contributed by atoms with Gasteiger partial charge < -0.3 is 5.32 Å². The van der Waals surface area contributed by atoms with E-state index in [1.54, 1.807) is 25.5 Å². The third-order valence-corrected chi connectivity index (χ3v) is 2.90. The average molecular weight is 282 g/mol. The summed E-state index contributed by atoms with van der Waals surface area (Å²) in [6, 6.07) is 11.2. The zero-order chi connectivity index (χ0) is 15.1. The van der Waals surface area contributed by atoms with E-state index in [0.29, 0.717) is 0 Å². The van der Waals surface area contributed by atoms with Gasteiger partial charge in [-0.3, -0.25) is 9.78 Å². The van der Waals surface area contributed by atoms with Gasteiger partial charge >= 0.3 is 0 Å². The number of hydrogen-bond acceptors (Lipinski definition) is 4. The molecule has 0 radical (unpaired) electrons. The molecule has 0 aliphatic heterocycles. The zero-order valence-electron chi connectivity index (χ0n) is 12.1. The van der Waals surface area contributed by atoms with E-state index in [4.69, 9.17) is 0 Å². The molecule has 0 bridgehead atoms. The van der Waals surface area contributed by atoms with E-state index in [1.165, 1.54) is 5.56 Å². The van der Waals surface area contributed by atoms with Gasteiger partial charge in [0.15, 0.2) is 0 Å². The van der Waals surface area contributed by atoms with Crippen LogP contribution in [0.3, 0.4) is 0 Å². The molecule has 2 rings (SSSR count). The van der Waals surface area contributed by atoms with Crippen LogP contribution in [-0.2, 0) is 4.79 Å². The van der Waals surface area contributed by atoms with E-state index in [2.05, 4.69) is 20.8 Å².